The Bertz CT molecular complexity index is 479. The van der Waals surface area contributed by atoms with E-state index in [0.717, 1.165) is 35.2 Å². The van der Waals surface area contributed by atoms with E-state index in [4.69, 9.17) is 10.5 Å². The topological polar surface area (TPSA) is 55.6 Å². The van der Waals surface area contributed by atoms with E-state index in [1.54, 1.807) is 7.11 Å². The third kappa shape index (κ3) is 3.52. The summed E-state index contributed by atoms with van der Waals surface area (Å²) in [5.41, 5.74) is 6.77. The number of carbonyl (C=O) groups excluding carboxylic acids is 1. The van der Waals surface area contributed by atoms with Gasteiger partial charge in [0.15, 0.2) is 0 Å². The monoisotopic (exact) mass is 340 g/mol. The van der Waals surface area contributed by atoms with E-state index in [9.17, 15) is 4.79 Å². The molecule has 1 atom stereocenters. The summed E-state index contributed by atoms with van der Waals surface area (Å²) in [5.74, 6) is 1.03. The summed E-state index contributed by atoms with van der Waals surface area (Å²) in [7, 11) is 1.65. The van der Waals surface area contributed by atoms with E-state index >= 15 is 0 Å². The lowest BCUT2D eigenvalue weighted by molar-refractivity contribution is -0.131. The molecule has 1 fully saturated rings. The third-order valence-corrected chi connectivity index (χ3v) is 4.31. The molecule has 1 aromatic carbocycles. The van der Waals surface area contributed by atoms with Crippen molar-refractivity contribution >= 4 is 21.8 Å². The molecule has 0 aliphatic carbocycles. The predicted octanol–water partition coefficient (Wildman–Crippen LogP) is 2.34. The minimum absolute atomic E-state index is 0.194. The Morgan fingerprint density at radius 2 is 2.35 bits per heavy atom. The maximum atomic E-state index is 12.3. The lowest BCUT2D eigenvalue weighted by Crippen LogP contribution is -2.40. The molecule has 1 unspecified atom stereocenters. The van der Waals surface area contributed by atoms with Crippen LogP contribution in [0.25, 0.3) is 0 Å². The van der Waals surface area contributed by atoms with Crippen molar-refractivity contribution in [2.75, 3.05) is 20.2 Å². The van der Waals surface area contributed by atoms with Crippen molar-refractivity contribution in [3.8, 4) is 5.75 Å². The molecule has 1 aliphatic rings. The van der Waals surface area contributed by atoms with Gasteiger partial charge >= 0.3 is 0 Å². The molecule has 0 bridgehead atoms. The lowest BCUT2D eigenvalue weighted by atomic mass is 10.1. The molecule has 2 N–H and O–H groups in total. The molecule has 110 valence electrons. The number of nitrogens with zero attached hydrogens (tertiary/aromatic N) is 1. The van der Waals surface area contributed by atoms with E-state index in [-0.39, 0.29) is 11.9 Å². The Balaban J connectivity index is 1.98. The Morgan fingerprint density at radius 3 is 3.05 bits per heavy atom. The molecule has 1 aliphatic heterocycles. The number of hydrogen-bond donors (Lipinski definition) is 1. The minimum Gasteiger partial charge on any atom is -0.496 e. The molecule has 20 heavy (non-hydrogen) atoms. The van der Waals surface area contributed by atoms with E-state index < -0.39 is 0 Å². The summed E-state index contributed by atoms with van der Waals surface area (Å²) < 4.78 is 6.34. The molecule has 4 nitrogen and oxygen atoms in total. The highest BCUT2D eigenvalue weighted by Crippen LogP contribution is 2.25. The number of hydrogen-bond acceptors (Lipinski definition) is 3. The SMILES string of the molecule is COc1ccc(Br)cc1CCC(=O)N1CCCC1CN. The number of rotatable bonds is 5. The van der Waals surface area contributed by atoms with Gasteiger partial charge in [-0.15, -0.1) is 0 Å². The van der Waals surface area contributed by atoms with Crippen molar-refractivity contribution < 1.29 is 9.53 Å². The smallest absolute Gasteiger partial charge is 0.223 e. The van der Waals surface area contributed by atoms with Crippen molar-refractivity contribution in [1.29, 1.82) is 0 Å². The molecule has 0 aromatic heterocycles. The van der Waals surface area contributed by atoms with Crippen molar-refractivity contribution in [2.45, 2.75) is 31.7 Å². The van der Waals surface area contributed by atoms with Crippen LogP contribution in [0.1, 0.15) is 24.8 Å². The van der Waals surface area contributed by atoms with Gasteiger partial charge in [-0.3, -0.25) is 4.79 Å². The highest BCUT2D eigenvalue weighted by molar-refractivity contribution is 9.10. The third-order valence-electron chi connectivity index (χ3n) is 3.82. The van der Waals surface area contributed by atoms with Gasteiger partial charge in [0.2, 0.25) is 5.91 Å². The Labute approximate surface area is 128 Å². The zero-order chi connectivity index (χ0) is 14.5. The zero-order valence-corrected chi connectivity index (χ0v) is 13.4. The number of likely N-dealkylation sites (tertiary alicyclic amines) is 1. The second-order valence-corrected chi connectivity index (χ2v) is 5.99. The molecular formula is C15H21BrN2O2. The zero-order valence-electron chi connectivity index (χ0n) is 11.8. The molecule has 5 heteroatoms. The summed E-state index contributed by atoms with van der Waals surface area (Å²) in [6.45, 7) is 1.41. The van der Waals surface area contributed by atoms with E-state index in [0.29, 0.717) is 19.4 Å². The average molecular weight is 341 g/mol. The highest BCUT2D eigenvalue weighted by atomic mass is 79.9. The molecule has 0 radical (unpaired) electrons. The predicted molar refractivity (Wildman–Crippen MR) is 82.8 cm³/mol. The van der Waals surface area contributed by atoms with Crippen molar-refractivity contribution in [1.82, 2.24) is 4.90 Å². The van der Waals surface area contributed by atoms with Crippen molar-refractivity contribution in [2.24, 2.45) is 5.73 Å². The number of carbonyl (C=O) groups is 1. The van der Waals surface area contributed by atoms with Gasteiger partial charge in [-0.25, -0.2) is 0 Å². The lowest BCUT2D eigenvalue weighted by Gasteiger charge is -2.23. The Hall–Kier alpha value is -1.07. The molecule has 1 heterocycles. The minimum atomic E-state index is 0.194. The molecule has 2 rings (SSSR count). The molecular weight excluding hydrogens is 320 g/mol. The van der Waals surface area contributed by atoms with Crippen LogP contribution in [0.3, 0.4) is 0 Å². The van der Waals surface area contributed by atoms with Gasteiger partial charge in [-0.1, -0.05) is 15.9 Å². The molecule has 1 amide bonds. The number of ether oxygens (including phenoxy) is 1. The summed E-state index contributed by atoms with van der Waals surface area (Å²) >= 11 is 3.45. The van der Waals surface area contributed by atoms with Crippen LogP contribution in [-0.2, 0) is 11.2 Å². The first kappa shape index (κ1) is 15.3. The average Bonchev–Trinajstić information content (AvgIpc) is 2.93. The highest BCUT2D eigenvalue weighted by Gasteiger charge is 2.27. The fraction of sp³-hybridized carbons (Fsp3) is 0.533. The fourth-order valence-electron chi connectivity index (χ4n) is 2.74. The second kappa shape index (κ2) is 7.09. The molecule has 0 spiro atoms. The molecule has 1 saturated heterocycles. The first-order chi connectivity index (χ1) is 9.65. The Morgan fingerprint density at radius 1 is 1.55 bits per heavy atom. The normalized spacial score (nSPS) is 18.4. The van der Waals surface area contributed by atoms with Crippen LogP contribution in [0.15, 0.2) is 22.7 Å². The van der Waals surface area contributed by atoms with Gasteiger partial charge in [-0.2, -0.15) is 0 Å². The number of amides is 1. The van der Waals surface area contributed by atoms with Crippen LogP contribution < -0.4 is 10.5 Å². The maximum Gasteiger partial charge on any atom is 0.223 e. The summed E-state index contributed by atoms with van der Waals surface area (Å²) in [4.78, 5) is 14.2. The van der Waals surface area contributed by atoms with E-state index in [2.05, 4.69) is 15.9 Å². The number of halogens is 1. The summed E-state index contributed by atoms with van der Waals surface area (Å²) in [6.07, 6.45) is 3.29. The standard InChI is InChI=1S/C15H21BrN2O2/c1-20-14-6-5-12(16)9-11(14)4-7-15(19)18-8-2-3-13(18)10-17/h5-6,9,13H,2-4,7-8,10,17H2,1H3. The molecule has 1 aromatic rings. The van der Waals surface area contributed by atoms with Gasteiger partial charge < -0.3 is 15.4 Å². The van der Waals surface area contributed by atoms with Gasteiger partial charge in [-0.05, 0) is 43.0 Å². The van der Waals surface area contributed by atoms with Crippen molar-refractivity contribution in [3.05, 3.63) is 28.2 Å². The van der Waals surface area contributed by atoms with Crippen LogP contribution >= 0.6 is 15.9 Å². The maximum absolute atomic E-state index is 12.3. The van der Waals surface area contributed by atoms with E-state index in [1.807, 2.05) is 23.1 Å². The number of methoxy groups -OCH3 is 1. The van der Waals surface area contributed by atoms with Gasteiger partial charge in [0, 0.05) is 30.0 Å². The summed E-state index contributed by atoms with van der Waals surface area (Å²) in [5, 5.41) is 0. The van der Waals surface area contributed by atoms with Crippen LogP contribution in [0.2, 0.25) is 0 Å². The van der Waals surface area contributed by atoms with Crippen LogP contribution in [0.4, 0.5) is 0 Å². The number of benzene rings is 1. The largest absolute Gasteiger partial charge is 0.496 e. The van der Waals surface area contributed by atoms with Crippen LogP contribution in [-0.4, -0.2) is 37.0 Å². The quantitative estimate of drug-likeness (QED) is 0.894. The first-order valence-electron chi connectivity index (χ1n) is 6.97. The van der Waals surface area contributed by atoms with Gasteiger partial charge in [0.1, 0.15) is 5.75 Å². The van der Waals surface area contributed by atoms with Gasteiger partial charge in [0.05, 0.1) is 7.11 Å². The first-order valence-corrected chi connectivity index (χ1v) is 7.77. The van der Waals surface area contributed by atoms with E-state index in [1.165, 1.54) is 0 Å². The van der Waals surface area contributed by atoms with Gasteiger partial charge in [0.25, 0.3) is 0 Å². The number of nitrogens with two attached hydrogens (primary N) is 1. The van der Waals surface area contributed by atoms with Crippen LogP contribution in [0, 0.1) is 0 Å². The number of aryl methyl sites for hydroxylation is 1. The Kier molecular flexibility index (Phi) is 5.43. The van der Waals surface area contributed by atoms with Crippen molar-refractivity contribution in [3.63, 3.8) is 0 Å². The van der Waals surface area contributed by atoms with Crippen LogP contribution in [0.5, 0.6) is 5.75 Å². The second-order valence-electron chi connectivity index (χ2n) is 5.08. The fourth-order valence-corrected chi connectivity index (χ4v) is 3.15. The molecule has 0 saturated carbocycles. The summed E-state index contributed by atoms with van der Waals surface area (Å²) in [6, 6.07) is 6.10.